The average molecular weight is 249 g/mol. The SMILES string of the molecule is CC[C@@H](C(=O)O)n1ncc([N+](=O)[O-])c1C(F)F. The minimum absolute atomic E-state index is 0.00606. The summed E-state index contributed by atoms with van der Waals surface area (Å²) in [6, 6.07) is -1.34. The Hall–Kier alpha value is -2.06. The van der Waals surface area contributed by atoms with Gasteiger partial charge < -0.3 is 5.11 Å². The van der Waals surface area contributed by atoms with Gasteiger partial charge in [-0.05, 0) is 6.42 Å². The lowest BCUT2D eigenvalue weighted by molar-refractivity contribution is -0.386. The predicted molar refractivity (Wildman–Crippen MR) is 50.8 cm³/mol. The standard InChI is InChI=1S/C8H9F2N3O4/c1-2-4(8(14)15)12-6(7(9)10)5(3-11-12)13(16)17/h3-4,7H,2H2,1H3,(H,14,15)/t4-/m0/s1. The monoisotopic (exact) mass is 249 g/mol. The summed E-state index contributed by atoms with van der Waals surface area (Å²) in [4.78, 5) is 20.3. The normalized spacial score (nSPS) is 12.7. The molecule has 1 heterocycles. The average Bonchev–Trinajstić information content (AvgIpc) is 2.62. The number of carboxylic acid groups (broad SMARTS) is 1. The van der Waals surface area contributed by atoms with Crippen molar-refractivity contribution in [1.82, 2.24) is 9.78 Å². The van der Waals surface area contributed by atoms with Gasteiger partial charge in [-0.1, -0.05) is 6.92 Å². The summed E-state index contributed by atoms with van der Waals surface area (Å²) in [6.45, 7) is 1.46. The van der Waals surface area contributed by atoms with E-state index in [1.807, 2.05) is 0 Å². The molecule has 0 aromatic carbocycles. The Morgan fingerprint density at radius 1 is 1.71 bits per heavy atom. The van der Waals surface area contributed by atoms with Gasteiger partial charge in [-0.15, -0.1) is 0 Å². The largest absolute Gasteiger partial charge is 0.480 e. The summed E-state index contributed by atoms with van der Waals surface area (Å²) >= 11 is 0. The highest BCUT2D eigenvalue weighted by molar-refractivity contribution is 5.72. The fraction of sp³-hybridized carbons (Fsp3) is 0.500. The molecule has 0 bridgehead atoms. The lowest BCUT2D eigenvalue weighted by Crippen LogP contribution is -2.21. The molecule has 17 heavy (non-hydrogen) atoms. The van der Waals surface area contributed by atoms with Crippen LogP contribution in [0.1, 0.15) is 31.5 Å². The van der Waals surface area contributed by atoms with Crippen LogP contribution in [0, 0.1) is 10.1 Å². The summed E-state index contributed by atoms with van der Waals surface area (Å²) in [5.41, 5.74) is -1.86. The molecule has 1 aromatic rings. The smallest absolute Gasteiger partial charge is 0.328 e. The van der Waals surface area contributed by atoms with E-state index < -0.39 is 34.7 Å². The van der Waals surface area contributed by atoms with Gasteiger partial charge in [-0.2, -0.15) is 5.10 Å². The maximum absolute atomic E-state index is 12.7. The molecule has 0 aliphatic rings. The number of aliphatic carboxylic acids is 1. The molecule has 1 atom stereocenters. The maximum atomic E-state index is 12.7. The lowest BCUT2D eigenvalue weighted by Gasteiger charge is -2.12. The molecule has 0 saturated heterocycles. The first-order chi connectivity index (χ1) is 7.90. The second-order valence-corrected chi connectivity index (χ2v) is 3.18. The van der Waals surface area contributed by atoms with E-state index in [0.29, 0.717) is 10.9 Å². The van der Waals surface area contributed by atoms with E-state index in [-0.39, 0.29) is 6.42 Å². The Morgan fingerprint density at radius 2 is 2.29 bits per heavy atom. The van der Waals surface area contributed by atoms with Crippen LogP contribution in [-0.2, 0) is 4.79 Å². The van der Waals surface area contributed by atoms with Crippen LogP contribution >= 0.6 is 0 Å². The molecule has 1 aromatic heterocycles. The fourth-order valence-corrected chi connectivity index (χ4v) is 1.42. The summed E-state index contributed by atoms with van der Waals surface area (Å²) in [7, 11) is 0. The third-order valence-electron chi connectivity index (χ3n) is 2.18. The number of carboxylic acids is 1. The molecule has 0 saturated carbocycles. The minimum atomic E-state index is -3.16. The quantitative estimate of drug-likeness (QED) is 0.633. The highest BCUT2D eigenvalue weighted by Gasteiger charge is 2.33. The van der Waals surface area contributed by atoms with Crippen LogP contribution in [0.2, 0.25) is 0 Å². The molecule has 0 amide bonds. The molecule has 9 heteroatoms. The maximum Gasteiger partial charge on any atom is 0.328 e. The van der Waals surface area contributed by atoms with Crippen molar-refractivity contribution in [2.45, 2.75) is 25.8 Å². The molecule has 0 spiro atoms. The van der Waals surface area contributed by atoms with Crippen LogP contribution in [0.3, 0.4) is 0 Å². The Balaban J connectivity index is 3.34. The third kappa shape index (κ3) is 2.37. The Morgan fingerprint density at radius 3 is 2.65 bits per heavy atom. The zero-order chi connectivity index (χ0) is 13.2. The van der Waals surface area contributed by atoms with Gasteiger partial charge in [-0.3, -0.25) is 10.1 Å². The molecule has 94 valence electrons. The van der Waals surface area contributed by atoms with Crippen LogP contribution in [0.25, 0.3) is 0 Å². The molecule has 1 N–H and O–H groups in total. The number of nitrogens with zero attached hydrogens (tertiary/aromatic N) is 3. The van der Waals surface area contributed by atoms with Crippen LogP contribution < -0.4 is 0 Å². The lowest BCUT2D eigenvalue weighted by atomic mass is 10.2. The number of carbonyl (C=O) groups is 1. The van der Waals surface area contributed by atoms with Crippen molar-refractivity contribution in [2.24, 2.45) is 0 Å². The zero-order valence-electron chi connectivity index (χ0n) is 8.71. The van der Waals surface area contributed by atoms with E-state index in [0.717, 1.165) is 0 Å². The van der Waals surface area contributed by atoms with Gasteiger partial charge in [-0.25, -0.2) is 18.3 Å². The van der Waals surface area contributed by atoms with Crippen LogP contribution in [0.15, 0.2) is 6.20 Å². The van der Waals surface area contributed by atoms with E-state index in [1.54, 1.807) is 0 Å². The second kappa shape index (κ2) is 4.85. The zero-order valence-corrected chi connectivity index (χ0v) is 8.71. The molecule has 0 aliphatic heterocycles. The first-order valence-corrected chi connectivity index (χ1v) is 4.62. The number of halogens is 2. The summed E-state index contributed by atoms with van der Waals surface area (Å²) < 4.78 is 25.9. The van der Waals surface area contributed by atoms with Gasteiger partial charge in [0, 0.05) is 0 Å². The Kier molecular flexibility index (Phi) is 3.71. The van der Waals surface area contributed by atoms with Crippen molar-refractivity contribution >= 4 is 11.7 Å². The second-order valence-electron chi connectivity index (χ2n) is 3.18. The van der Waals surface area contributed by atoms with E-state index in [1.165, 1.54) is 6.92 Å². The van der Waals surface area contributed by atoms with Gasteiger partial charge in [0.25, 0.3) is 6.43 Å². The fourth-order valence-electron chi connectivity index (χ4n) is 1.42. The molecular weight excluding hydrogens is 240 g/mol. The number of aromatic nitrogens is 2. The summed E-state index contributed by atoms with van der Waals surface area (Å²) in [5, 5.41) is 22.7. The van der Waals surface area contributed by atoms with Crippen molar-refractivity contribution < 1.29 is 23.6 Å². The first kappa shape index (κ1) is 13.0. The van der Waals surface area contributed by atoms with E-state index in [4.69, 9.17) is 5.11 Å². The highest BCUT2D eigenvalue weighted by Crippen LogP contribution is 2.31. The predicted octanol–water partition coefficient (Wildman–Crippen LogP) is 1.76. The summed E-state index contributed by atoms with van der Waals surface area (Å²) in [5.74, 6) is -1.37. The Bertz CT molecular complexity index is 446. The van der Waals surface area contributed by atoms with Crippen molar-refractivity contribution in [3.05, 3.63) is 22.0 Å². The molecule has 1 rings (SSSR count). The van der Waals surface area contributed by atoms with Gasteiger partial charge in [0.15, 0.2) is 5.69 Å². The topological polar surface area (TPSA) is 98.3 Å². The van der Waals surface area contributed by atoms with Crippen LogP contribution in [0.4, 0.5) is 14.5 Å². The van der Waals surface area contributed by atoms with E-state index >= 15 is 0 Å². The molecule has 0 fully saturated rings. The van der Waals surface area contributed by atoms with Crippen molar-refractivity contribution in [2.75, 3.05) is 0 Å². The van der Waals surface area contributed by atoms with Gasteiger partial charge in [0.05, 0.1) is 4.92 Å². The molecular formula is C8H9F2N3O4. The first-order valence-electron chi connectivity index (χ1n) is 4.62. The van der Waals surface area contributed by atoms with E-state index in [2.05, 4.69) is 5.10 Å². The number of rotatable bonds is 5. The highest BCUT2D eigenvalue weighted by atomic mass is 19.3. The number of alkyl halides is 2. The number of hydrogen-bond acceptors (Lipinski definition) is 4. The molecule has 0 aliphatic carbocycles. The third-order valence-corrected chi connectivity index (χ3v) is 2.18. The molecule has 7 nitrogen and oxygen atoms in total. The minimum Gasteiger partial charge on any atom is -0.480 e. The number of hydrogen-bond donors (Lipinski definition) is 1. The Labute approximate surface area is 93.8 Å². The van der Waals surface area contributed by atoms with Crippen LogP contribution in [0.5, 0.6) is 0 Å². The number of nitro groups is 1. The van der Waals surface area contributed by atoms with Crippen molar-refractivity contribution in [3.63, 3.8) is 0 Å². The summed E-state index contributed by atoms with van der Waals surface area (Å²) in [6.07, 6.45) is -2.53. The van der Waals surface area contributed by atoms with Gasteiger partial charge in [0.1, 0.15) is 12.2 Å². The van der Waals surface area contributed by atoms with E-state index in [9.17, 15) is 23.7 Å². The van der Waals surface area contributed by atoms with Crippen molar-refractivity contribution in [3.8, 4) is 0 Å². The molecule has 0 radical (unpaired) electrons. The van der Waals surface area contributed by atoms with Gasteiger partial charge >= 0.3 is 11.7 Å². The van der Waals surface area contributed by atoms with Crippen molar-refractivity contribution in [1.29, 1.82) is 0 Å². The molecule has 0 unspecified atom stereocenters. The van der Waals surface area contributed by atoms with Gasteiger partial charge in [0.2, 0.25) is 0 Å². The van der Waals surface area contributed by atoms with Crippen LogP contribution in [-0.4, -0.2) is 25.8 Å².